The Hall–Kier alpha value is -2.36. The minimum atomic E-state index is -4.23. The van der Waals surface area contributed by atoms with Crippen molar-refractivity contribution in [3.8, 4) is 11.3 Å². The molecule has 0 amide bonds. The molecule has 0 spiro atoms. The summed E-state index contributed by atoms with van der Waals surface area (Å²) in [6.07, 6.45) is -4.28. The summed E-state index contributed by atoms with van der Waals surface area (Å²) in [6.45, 7) is 4.49. The summed E-state index contributed by atoms with van der Waals surface area (Å²) in [4.78, 5) is 4.65. The molecule has 0 aliphatic rings. The van der Waals surface area contributed by atoms with Crippen LogP contribution in [-0.2, 0) is 6.42 Å². The van der Waals surface area contributed by atoms with Gasteiger partial charge < -0.3 is 0 Å². The largest absolute Gasteiger partial charge is 0.394 e. The highest BCUT2D eigenvalue weighted by atomic mass is 19.4. The van der Waals surface area contributed by atoms with Crippen LogP contribution in [-0.4, -0.2) is 11.2 Å². The van der Waals surface area contributed by atoms with E-state index in [1.165, 1.54) is 13.8 Å². The molecule has 0 unspecified atom stereocenters. The van der Waals surface area contributed by atoms with E-state index < -0.39 is 11.6 Å². The van der Waals surface area contributed by atoms with Crippen molar-refractivity contribution in [2.75, 3.05) is 0 Å². The first-order chi connectivity index (χ1) is 11.7. The quantitative estimate of drug-likeness (QED) is 0.540. The fraction of sp³-hybridized carbons (Fsp3) is 0.286. The Morgan fingerprint density at radius 3 is 2.36 bits per heavy atom. The average Bonchev–Trinajstić information content (AvgIpc) is 2.53. The fourth-order valence-corrected chi connectivity index (χ4v) is 2.86. The summed E-state index contributed by atoms with van der Waals surface area (Å²) in [6, 6.07) is 17.3. The Morgan fingerprint density at radius 1 is 0.920 bits per heavy atom. The van der Waals surface area contributed by atoms with Gasteiger partial charge in [0.2, 0.25) is 0 Å². The lowest BCUT2D eigenvalue weighted by Gasteiger charge is -2.27. The third kappa shape index (κ3) is 3.68. The fourth-order valence-electron chi connectivity index (χ4n) is 2.86. The Labute approximate surface area is 145 Å². The Balaban J connectivity index is 1.94. The van der Waals surface area contributed by atoms with Gasteiger partial charge in [-0.15, -0.1) is 0 Å². The SMILES string of the molecule is Cc1cccc(-c2ccc3cc(CC(C)(C)C(F)(F)F)ccc3n2)c1. The highest BCUT2D eigenvalue weighted by molar-refractivity contribution is 5.82. The molecule has 130 valence electrons. The Kier molecular flexibility index (Phi) is 4.31. The third-order valence-corrected chi connectivity index (χ3v) is 4.48. The van der Waals surface area contributed by atoms with Crippen LogP contribution in [0.5, 0.6) is 0 Å². The second kappa shape index (κ2) is 6.17. The van der Waals surface area contributed by atoms with Gasteiger partial charge in [0.1, 0.15) is 0 Å². The maximum Gasteiger partial charge on any atom is 0.394 e. The molecule has 0 atom stereocenters. The van der Waals surface area contributed by atoms with Gasteiger partial charge in [-0.05, 0) is 43.2 Å². The van der Waals surface area contributed by atoms with Crippen molar-refractivity contribution in [1.29, 1.82) is 0 Å². The zero-order valence-corrected chi connectivity index (χ0v) is 14.5. The first-order valence-corrected chi connectivity index (χ1v) is 8.19. The zero-order chi connectivity index (χ0) is 18.2. The molecule has 0 bridgehead atoms. The standard InChI is InChI=1S/C21H20F3N/c1-14-5-4-6-16(11-14)19-10-8-17-12-15(7-9-18(17)25-19)13-20(2,3)21(22,23)24/h4-12H,13H2,1-3H3. The molecule has 0 fully saturated rings. The van der Waals surface area contributed by atoms with E-state index in [2.05, 4.69) is 11.1 Å². The van der Waals surface area contributed by atoms with Gasteiger partial charge in [-0.2, -0.15) is 13.2 Å². The summed E-state index contributed by atoms with van der Waals surface area (Å²) in [5.74, 6) is 0. The van der Waals surface area contributed by atoms with Crippen LogP contribution in [0.15, 0.2) is 54.6 Å². The van der Waals surface area contributed by atoms with Crippen LogP contribution in [0, 0.1) is 12.3 Å². The second-order valence-corrected chi connectivity index (χ2v) is 7.15. The van der Waals surface area contributed by atoms with Crippen molar-refractivity contribution in [3.05, 3.63) is 65.7 Å². The molecule has 0 aliphatic heterocycles. The minimum absolute atomic E-state index is 0.0495. The summed E-state index contributed by atoms with van der Waals surface area (Å²) in [7, 11) is 0. The summed E-state index contributed by atoms with van der Waals surface area (Å²) in [5.41, 5.74) is 2.75. The molecule has 0 saturated heterocycles. The first kappa shape index (κ1) is 17.5. The summed E-state index contributed by atoms with van der Waals surface area (Å²) < 4.78 is 39.3. The maximum atomic E-state index is 13.1. The topological polar surface area (TPSA) is 12.9 Å². The lowest BCUT2D eigenvalue weighted by molar-refractivity contribution is -0.211. The zero-order valence-electron chi connectivity index (χ0n) is 14.5. The number of halogens is 3. The predicted octanol–water partition coefficient (Wildman–Crippen LogP) is 6.34. The van der Waals surface area contributed by atoms with E-state index >= 15 is 0 Å². The van der Waals surface area contributed by atoms with E-state index in [-0.39, 0.29) is 6.42 Å². The molecule has 1 nitrogen and oxygen atoms in total. The number of alkyl halides is 3. The van der Waals surface area contributed by atoms with E-state index in [1.807, 2.05) is 37.3 Å². The number of aryl methyl sites for hydroxylation is 1. The highest BCUT2D eigenvalue weighted by Crippen LogP contribution is 2.40. The normalized spacial score (nSPS) is 12.6. The molecule has 3 aromatic rings. The number of fused-ring (bicyclic) bond motifs is 1. The van der Waals surface area contributed by atoms with Gasteiger partial charge in [0, 0.05) is 10.9 Å². The lowest BCUT2D eigenvalue weighted by Crippen LogP contribution is -2.34. The van der Waals surface area contributed by atoms with E-state index in [9.17, 15) is 13.2 Å². The van der Waals surface area contributed by atoms with Crippen molar-refractivity contribution in [2.45, 2.75) is 33.4 Å². The molecular weight excluding hydrogens is 323 g/mol. The first-order valence-electron chi connectivity index (χ1n) is 8.19. The van der Waals surface area contributed by atoms with Gasteiger partial charge in [-0.3, -0.25) is 0 Å². The Morgan fingerprint density at radius 2 is 1.68 bits per heavy atom. The van der Waals surface area contributed by atoms with Crippen molar-refractivity contribution in [3.63, 3.8) is 0 Å². The monoisotopic (exact) mass is 343 g/mol. The molecule has 25 heavy (non-hydrogen) atoms. The lowest BCUT2D eigenvalue weighted by atomic mass is 9.85. The van der Waals surface area contributed by atoms with Gasteiger partial charge in [-0.1, -0.05) is 49.7 Å². The maximum absolute atomic E-state index is 13.1. The molecule has 0 saturated carbocycles. The van der Waals surface area contributed by atoms with Crippen LogP contribution in [0.1, 0.15) is 25.0 Å². The van der Waals surface area contributed by atoms with E-state index in [0.29, 0.717) is 5.56 Å². The van der Waals surface area contributed by atoms with Gasteiger partial charge >= 0.3 is 6.18 Å². The minimum Gasteiger partial charge on any atom is -0.248 e. The van der Waals surface area contributed by atoms with E-state index in [4.69, 9.17) is 0 Å². The van der Waals surface area contributed by atoms with Crippen LogP contribution in [0.3, 0.4) is 0 Å². The number of rotatable bonds is 3. The third-order valence-electron chi connectivity index (χ3n) is 4.48. The molecule has 1 aromatic heterocycles. The Bertz CT molecular complexity index is 910. The smallest absolute Gasteiger partial charge is 0.248 e. The van der Waals surface area contributed by atoms with Gasteiger partial charge in [-0.25, -0.2) is 4.98 Å². The van der Waals surface area contributed by atoms with Gasteiger partial charge in [0.15, 0.2) is 0 Å². The van der Waals surface area contributed by atoms with Crippen LogP contribution in [0.25, 0.3) is 22.2 Å². The van der Waals surface area contributed by atoms with Crippen LogP contribution >= 0.6 is 0 Å². The second-order valence-electron chi connectivity index (χ2n) is 7.15. The molecule has 0 aliphatic carbocycles. The highest BCUT2D eigenvalue weighted by Gasteiger charge is 2.46. The molecule has 2 aromatic carbocycles. The predicted molar refractivity (Wildman–Crippen MR) is 95.5 cm³/mol. The van der Waals surface area contributed by atoms with Crippen LogP contribution < -0.4 is 0 Å². The molecule has 3 rings (SSSR count). The molecule has 4 heteroatoms. The van der Waals surface area contributed by atoms with Crippen molar-refractivity contribution in [1.82, 2.24) is 4.98 Å². The molecule has 0 radical (unpaired) electrons. The van der Waals surface area contributed by atoms with Crippen molar-refractivity contribution < 1.29 is 13.2 Å². The molecule has 0 N–H and O–H groups in total. The van der Waals surface area contributed by atoms with Crippen LogP contribution in [0.4, 0.5) is 13.2 Å². The van der Waals surface area contributed by atoms with Crippen molar-refractivity contribution >= 4 is 10.9 Å². The number of hydrogen-bond acceptors (Lipinski definition) is 1. The van der Waals surface area contributed by atoms with E-state index in [1.54, 1.807) is 18.2 Å². The molecular formula is C21H20F3N. The number of benzene rings is 2. The molecule has 1 heterocycles. The van der Waals surface area contributed by atoms with Gasteiger partial charge in [0.05, 0.1) is 16.6 Å². The summed E-state index contributed by atoms with van der Waals surface area (Å²) >= 11 is 0. The van der Waals surface area contributed by atoms with Crippen LogP contribution in [0.2, 0.25) is 0 Å². The number of nitrogens with zero attached hydrogens (tertiary/aromatic N) is 1. The number of aromatic nitrogens is 1. The summed E-state index contributed by atoms with van der Waals surface area (Å²) in [5, 5.41) is 0.854. The van der Waals surface area contributed by atoms with Gasteiger partial charge in [0.25, 0.3) is 0 Å². The van der Waals surface area contributed by atoms with E-state index in [0.717, 1.165) is 27.7 Å². The van der Waals surface area contributed by atoms with Crippen molar-refractivity contribution in [2.24, 2.45) is 5.41 Å². The number of hydrogen-bond donors (Lipinski definition) is 0. The number of pyridine rings is 1. The average molecular weight is 343 g/mol.